The third-order valence-corrected chi connectivity index (χ3v) is 3.65. The monoisotopic (exact) mass is 320 g/mol. The molecule has 3 N–H and O–H groups in total. The van der Waals surface area contributed by atoms with Crippen LogP contribution in [0.3, 0.4) is 0 Å². The first-order valence-corrected chi connectivity index (χ1v) is 7.88. The number of aliphatic hydroxyl groups excluding tert-OH is 1. The van der Waals surface area contributed by atoms with Crippen LogP contribution < -0.4 is 10.6 Å². The highest BCUT2D eigenvalue weighted by Crippen LogP contribution is 2.26. The Labute approximate surface area is 141 Å². The van der Waals surface area contributed by atoms with Crippen LogP contribution in [0.5, 0.6) is 0 Å². The van der Waals surface area contributed by atoms with Crippen molar-refractivity contribution in [2.24, 2.45) is 0 Å². The normalized spacial score (nSPS) is 11.9. The van der Waals surface area contributed by atoms with Crippen LogP contribution in [0.1, 0.15) is 6.92 Å². The molecule has 0 fully saturated rings. The Hall–Kier alpha value is -2.92. The molecule has 0 aliphatic heterocycles. The van der Waals surface area contributed by atoms with Crippen molar-refractivity contribution in [1.82, 2.24) is 9.97 Å². The van der Waals surface area contributed by atoms with Gasteiger partial charge < -0.3 is 15.7 Å². The van der Waals surface area contributed by atoms with Gasteiger partial charge in [-0.1, -0.05) is 30.8 Å². The van der Waals surface area contributed by atoms with E-state index in [2.05, 4.69) is 27.2 Å². The maximum Gasteiger partial charge on any atom is 0.223 e. The summed E-state index contributed by atoms with van der Waals surface area (Å²) in [6.07, 6.45) is 2.50. The highest BCUT2D eigenvalue weighted by atomic mass is 16.3. The lowest BCUT2D eigenvalue weighted by molar-refractivity contribution is 0.253. The Bertz CT molecular complexity index is 863. The molecule has 3 rings (SSSR count). The van der Waals surface area contributed by atoms with Crippen molar-refractivity contribution in [1.29, 1.82) is 0 Å². The number of hydrogen-bond acceptors (Lipinski definition) is 5. The van der Waals surface area contributed by atoms with Crippen LogP contribution in [-0.4, -0.2) is 27.8 Å². The van der Waals surface area contributed by atoms with Gasteiger partial charge in [-0.25, -0.2) is 9.97 Å². The lowest BCUT2D eigenvalue weighted by Crippen LogP contribution is -2.14. The third-order valence-electron chi connectivity index (χ3n) is 3.65. The zero-order valence-electron chi connectivity index (χ0n) is 13.5. The molecule has 2 aromatic carbocycles. The maximum absolute atomic E-state index is 9.64. The molecule has 0 aliphatic rings. The Morgan fingerprint density at radius 2 is 2.04 bits per heavy atom. The molecule has 5 nitrogen and oxygen atoms in total. The molecule has 24 heavy (non-hydrogen) atoms. The molecule has 122 valence electrons. The van der Waals surface area contributed by atoms with Crippen LogP contribution in [0.15, 0.2) is 61.3 Å². The molecule has 5 heteroatoms. The van der Waals surface area contributed by atoms with E-state index in [1.807, 2.05) is 55.6 Å². The van der Waals surface area contributed by atoms with Gasteiger partial charge >= 0.3 is 0 Å². The first kappa shape index (κ1) is 16.0. The number of hydrogen-bond donors (Lipinski definition) is 3. The highest BCUT2D eigenvalue weighted by Gasteiger charge is 2.05. The first-order valence-electron chi connectivity index (χ1n) is 7.88. The predicted molar refractivity (Wildman–Crippen MR) is 99.0 cm³/mol. The number of fused-ring (bicyclic) bond motifs is 1. The maximum atomic E-state index is 9.64. The fraction of sp³-hybridized carbons (Fsp3) is 0.158. The second kappa shape index (κ2) is 7.10. The molecule has 1 unspecified atom stereocenters. The minimum absolute atomic E-state index is 0.631. The van der Waals surface area contributed by atoms with E-state index < -0.39 is 6.23 Å². The number of benzene rings is 2. The van der Waals surface area contributed by atoms with E-state index in [0.29, 0.717) is 5.95 Å². The second-order valence-corrected chi connectivity index (χ2v) is 5.40. The molecule has 1 heterocycles. The van der Waals surface area contributed by atoms with E-state index in [-0.39, 0.29) is 0 Å². The number of rotatable bonds is 6. The summed E-state index contributed by atoms with van der Waals surface area (Å²) in [6, 6.07) is 14.0. The topological polar surface area (TPSA) is 70.1 Å². The van der Waals surface area contributed by atoms with Crippen molar-refractivity contribution in [3.05, 3.63) is 61.3 Å². The van der Waals surface area contributed by atoms with Crippen LogP contribution in [0.2, 0.25) is 0 Å². The number of nitrogens with one attached hydrogen (secondary N) is 2. The smallest absolute Gasteiger partial charge is 0.223 e. The van der Waals surface area contributed by atoms with Crippen molar-refractivity contribution in [2.45, 2.75) is 13.2 Å². The van der Waals surface area contributed by atoms with Gasteiger partial charge in [0.05, 0.1) is 5.52 Å². The Morgan fingerprint density at radius 3 is 2.83 bits per heavy atom. The van der Waals surface area contributed by atoms with Gasteiger partial charge in [-0.2, -0.15) is 0 Å². The molecule has 3 aromatic rings. The average molecular weight is 320 g/mol. The fourth-order valence-electron chi connectivity index (χ4n) is 2.46. The molecule has 0 spiro atoms. The van der Waals surface area contributed by atoms with Gasteiger partial charge in [0.15, 0.2) is 0 Å². The summed E-state index contributed by atoms with van der Waals surface area (Å²) >= 11 is 0. The summed E-state index contributed by atoms with van der Waals surface area (Å²) in [6.45, 7) is 6.36. The van der Waals surface area contributed by atoms with Crippen molar-refractivity contribution >= 4 is 22.5 Å². The second-order valence-electron chi connectivity index (χ2n) is 5.40. The van der Waals surface area contributed by atoms with Crippen molar-refractivity contribution in [3.8, 4) is 11.1 Å². The quantitative estimate of drug-likeness (QED) is 0.478. The minimum Gasteiger partial charge on any atom is -0.370 e. The zero-order valence-corrected chi connectivity index (χ0v) is 13.5. The van der Waals surface area contributed by atoms with Gasteiger partial charge in [0.2, 0.25) is 5.95 Å². The average Bonchev–Trinajstić information content (AvgIpc) is 2.61. The number of anilines is 2. The van der Waals surface area contributed by atoms with Gasteiger partial charge in [0.1, 0.15) is 6.23 Å². The van der Waals surface area contributed by atoms with Crippen LogP contribution in [0.4, 0.5) is 11.6 Å². The molecular weight excluding hydrogens is 300 g/mol. The Kier molecular flexibility index (Phi) is 4.72. The SMILES string of the molecule is C=CC(O)Nc1cccc(-c2ccc3cnc(NCC)nc3c2)c1. The zero-order chi connectivity index (χ0) is 16.9. The molecule has 0 saturated carbocycles. The van der Waals surface area contributed by atoms with Crippen LogP contribution >= 0.6 is 0 Å². The first-order chi connectivity index (χ1) is 11.7. The van der Waals surface area contributed by atoms with Gasteiger partial charge in [0.25, 0.3) is 0 Å². The summed E-state index contributed by atoms with van der Waals surface area (Å²) in [5.74, 6) is 0.631. The van der Waals surface area contributed by atoms with E-state index in [1.54, 1.807) is 0 Å². The van der Waals surface area contributed by atoms with Gasteiger partial charge in [-0.3, -0.25) is 0 Å². The molecular formula is C19H20N4O. The largest absolute Gasteiger partial charge is 0.370 e. The summed E-state index contributed by atoms with van der Waals surface area (Å²) in [5, 5.41) is 16.7. The number of aromatic nitrogens is 2. The van der Waals surface area contributed by atoms with Crippen molar-refractivity contribution in [2.75, 3.05) is 17.2 Å². The van der Waals surface area contributed by atoms with E-state index in [4.69, 9.17) is 0 Å². The molecule has 0 radical (unpaired) electrons. The Morgan fingerprint density at radius 1 is 1.21 bits per heavy atom. The van der Waals surface area contributed by atoms with Crippen molar-refractivity contribution in [3.63, 3.8) is 0 Å². The summed E-state index contributed by atoms with van der Waals surface area (Å²) < 4.78 is 0. The highest BCUT2D eigenvalue weighted by molar-refractivity contribution is 5.84. The van der Waals surface area contributed by atoms with E-state index in [9.17, 15) is 5.11 Å². The fourth-order valence-corrected chi connectivity index (χ4v) is 2.46. The third kappa shape index (κ3) is 3.52. The minimum atomic E-state index is -0.771. The van der Waals surface area contributed by atoms with Crippen molar-refractivity contribution < 1.29 is 5.11 Å². The summed E-state index contributed by atoms with van der Waals surface area (Å²) in [5.41, 5.74) is 3.82. The molecule has 0 bridgehead atoms. The molecule has 1 atom stereocenters. The standard InChI is InChI=1S/C19H20N4O/c1-3-18(24)22-16-7-5-6-13(10-16)14-8-9-15-12-21-19(20-4-2)23-17(15)11-14/h3,5-12,18,22,24H,1,4H2,2H3,(H,20,21,23). The molecule has 0 saturated heterocycles. The van der Waals surface area contributed by atoms with E-state index in [1.165, 1.54) is 6.08 Å². The molecule has 0 amide bonds. The number of nitrogens with zero attached hydrogens (tertiary/aromatic N) is 2. The van der Waals surface area contributed by atoms with E-state index in [0.717, 1.165) is 34.3 Å². The van der Waals surface area contributed by atoms with Gasteiger partial charge in [-0.15, -0.1) is 0 Å². The van der Waals surface area contributed by atoms with E-state index >= 15 is 0 Å². The van der Waals surface area contributed by atoms with Gasteiger partial charge in [0, 0.05) is 23.8 Å². The lowest BCUT2D eigenvalue weighted by Gasteiger charge is -2.11. The van der Waals surface area contributed by atoms with Crippen LogP contribution in [0, 0.1) is 0 Å². The predicted octanol–water partition coefficient (Wildman–Crippen LogP) is 3.64. The summed E-state index contributed by atoms with van der Waals surface area (Å²) in [7, 11) is 0. The lowest BCUT2D eigenvalue weighted by atomic mass is 10.0. The number of aliphatic hydroxyl groups is 1. The van der Waals surface area contributed by atoms with Crippen LogP contribution in [-0.2, 0) is 0 Å². The van der Waals surface area contributed by atoms with Gasteiger partial charge in [-0.05, 0) is 42.3 Å². The molecule has 0 aliphatic carbocycles. The summed E-state index contributed by atoms with van der Waals surface area (Å²) in [4.78, 5) is 8.83. The Balaban J connectivity index is 1.96. The molecule has 1 aromatic heterocycles. The van der Waals surface area contributed by atoms with Crippen LogP contribution in [0.25, 0.3) is 22.0 Å².